The molecule has 3 aliphatic carbocycles. The highest BCUT2D eigenvalue weighted by Gasteiger charge is 2.42. The number of aromatic nitrogens is 6. The van der Waals surface area contributed by atoms with E-state index >= 15 is 8.78 Å². The summed E-state index contributed by atoms with van der Waals surface area (Å²) in [6.45, 7) is 4.21. The minimum atomic E-state index is -0.891. The second kappa shape index (κ2) is 30.2. The maximum atomic E-state index is 15.1. The highest BCUT2D eigenvalue weighted by molar-refractivity contribution is 5.95. The summed E-state index contributed by atoms with van der Waals surface area (Å²) in [4.78, 5) is 70.8. The normalized spacial score (nSPS) is 24.8. The third-order valence-corrected chi connectivity index (χ3v) is 22.3. The summed E-state index contributed by atoms with van der Waals surface area (Å²) in [5, 5.41) is 22.0. The number of carbonyl (C=O) groups is 3. The van der Waals surface area contributed by atoms with Crippen molar-refractivity contribution in [3.63, 3.8) is 0 Å². The van der Waals surface area contributed by atoms with Crippen LogP contribution in [0.25, 0.3) is 49.4 Å². The van der Waals surface area contributed by atoms with Crippen LogP contribution in [0, 0.1) is 41.1 Å². The molecule has 27 heteroatoms. The van der Waals surface area contributed by atoms with Crippen molar-refractivity contribution >= 4 is 84.6 Å². The number of benzene rings is 3. The molecule has 100 heavy (non-hydrogen) atoms. The number of rotatable bonds is 14. The summed E-state index contributed by atoms with van der Waals surface area (Å²) >= 11 is 0. The molecule has 534 valence electrons. The molecule has 15 rings (SSSR count). The number of amides is 3. The van der Waals surface area contributed by atoms with Crippen LogP contribution in [0.5, 0.6) is 34.5 Å². The van der Waals surface area contributed by atoms with Crippen LogP contribution in [0.15, 0.2) is 36.4 Å². The monoisotopic (exact) mass is 1380 g/mol. The first-order valence-corrected chi connectivity index (χ1v) is 35.4. The van der Waals surface area contributed by atoms with Crippen LogP contribution in [0.2, 0.25) is 0 Å². The molecule has 24 nitrogen and oxygen atoms in total. The Hall–Kier alpha value is -8.82. The van der Waals surface area contributed by atoms with Gasteiger partial charge in [0.15, 0.2) is 69.4 Å². The summed E-state index contributed by atoms with van der Waals surface area (Å²) in [6.07, 6.45) is 25.4. The highest BCUT2D eigenvalue weighted by atomic mass is 19.1. The van der Waals surface area contributed by atoms with Gasteiger partial charge in [-0.3, -0.25) is 14.4 Å². The van der Waals surface area contributed by atoms with Gasteiger partial charge in [-0.25, -0.2) is 43.1 Å². The number of aromatic hydroxyl groups is 1. The molecule has 3 saturated heterocycles. The predicted octanol–water partition coefficient (Wildman–Crippen LogP) is 9.05. The SMILES string of the molecule is COc1cc2c(N)nc(C3=CCN(C(=O)C[C@@H]4C[C@@H]5CCCC[C@@H]5N4)CC3)nc2c(F)c1OC.COc1cc2c(N)nc(C3=CCN(C(=O)C[C@@H]4NC[C@@H]5CCC[C@@H]54)CC3)nc2c(F)c1OC.COc1cc2c(N)nc(C3=CCN(C(=O)C[C@H]4C[C@@H]5CCCC[C@@H]5N4)CC3)nc2c(F)c1O. The lowest BCUT2D eigenvalue weighted by atomic mass is 9.85. The fraction of sp³-hybridized carbons (Fsp3) is 0.548. The average Bonchev–Trinajstić information content (AvgIpc) is 0.961. The number of carbonyl (C=O) groups excluding carboxylic acids is 3. The summed E-state index contributed by atoms with van der Waals surface area (Å²) in [5.74, 6) is 2.52. The second-order valence-electron chi connectivity index (χ2n) is 28.0. The van der Waals surface area contributed by atoms with Gasteiger partial charge in [0.25, 0.3) is 0 Å². The van der Waals surface area contributed by atoms with E-state index in [4.69, 9.17) is 40.9 Å². The van der Waals surface area contributed by atoms with E-state index < -0.39 is 23.2 Å². The van der Waals surface area contributed by atoms with Crippen LogP contribution in [0.4, 0.5) is 30.6 Å². The first-order chi connectivity index (χ1) is 48.4. The van der Waals surface area contributed by atoms with Gasteiger partial charge >= 0.3 is 0 Å². The third-order valence-electron chi connectivity index (χ3n) is 22.3. The van der Waals surface area contributed by atoms with Crippen molar-refractivity contribution in [2.75, 3.05) is 98.6 Å². The Balaban J connectivity index is 0.000000134. The molecule has 0 radical (unpaired) electrons. The number of nitrogens with zero attached hydrogens (tertiary/aromatic N) is 9. The number of fused-ring (bicyclic) bond motifs is 6. The molecule has 3 amide bonds. The third kappa shape index (κ3) is 14.3. The van der Waals surface area contributed by atoms with E-state index in [0.29, 0.717) is 130 Å². The minimum Gasteiger partial charge on any atom is -0.502 e. The summed E-state index contributed by atoms with van der Waals surface area (Å²) in [7, 11) is 6.96. The minimum absolute atomic E-state index is 0.0196. The number of phenolic OH excluding ortho intramolecular Hbond substituents is 1. The number of methoxy groups -OCH3 is 5. The van der Waals surface area contributed by atoms with Gasteiger partial charge in [-0.2, -0.15) is 0 Å². The molecule has 3 aromatic carbocycles. The number of nitrogens with two attached hydrogens (primary N) is 3. The Kier molecular flexibility index (Phi) is 21.0. The maximum Gasteiger partial charge on any atom is 0.224 e. The first kappa shape index (κ1) is 69.7. The van der Waals surface area contributed by atoms with Crippen molar-refractivity contribution in [3.8, 4) is 34.5 Å². The van der Waals surface area contributed by atoms with Crippen LogP contribution < -0.4 is 56.8 Å². The number of hydrogen-bond acceptors (Lipinski definition) is 21. The van der Waals surface area contributed by atoms with Crippen molar-refractivity contribution in [1.82, 2.24) is 60.6 Å². The van der Waals surface area contributed by atoms with Crippen molar-refractivity contribution in [2.24, 2.45) is 23.7 Å². The molecule has 6 aliphatic heterocycles. The Labute approximate surface area is 579 Å². The van der Waals surface area contributed by atoms with Crippen molar-refractivity contribution in [3.05, 3.63) is 71.4 Å². The number of nitrogens with one attached hydrogen (secondary N) is 3. The predicted molar refractivity (Wildman–Crippen MR) is 375 cm³/mol. The molecule has 0 spiro atoms. The fourth-order valence-electron chi connectivity index (χ4n) is 16.9. The number of anilines is 3. The van der Waals surface area contributed by atoms with Gasteiger partial charge in [0.05, 0.1) is 35.5 Å². The van der Waals surface area contributed by atoms with Crippen molar-refractivity contribution in [1.29, 1.82) is 0 Å². The topological polar surface area (TPSA) is 319 Å². The van der Waals surface area contributed by atoms with E-state index in [1.54, 1.807) is 12.1 Å². The van der Waals surface area contributed by atoms with Gasteiger partial charge in [-0.05, 0) is 136 Å². The Morgan fingerprint density at radius 1 is 0.500 bits per heavy atom. The molecule has 3 aromatic heterocycles. The standard InChI is InChI=1S/C25H32FN5O3.2C24H30FN5O3/c1-33-19-13-17-22(21(26)23(19)34-2)29-25(30-24(17)27)14-7-9-31(10-8-14)20(32)12-16-11-15-5-3-4-6-18(15)28-16;1-32-18-10-16-21(20(25)22(18)33-2)28-24(29-23(16)26)13-6-8-30(9-7-13)19(31)11-17-15-5-3-4-14(15)12-27-17;1-33-18-12-16-21(20(25)22(18)32)28-24(29-23(16)26)13-6-8-30(9-7-13)19(31)11-15-10-14-4-2-3-5-17(14)27-15/h7,13,15-16,18,28H,3-6,8-12H2,1-2H3,(H2,27,29,30);6,10,14-15,17,27H,3-5,7-9,11-12H2,1-2H3,(H2,26,28,29);6,12,14-15,17,27,32H,2-5,7-11H2,1H3,(H2,26,28,29)/t15-,16-,18-;14-,15-,17-;14-,15+,17-/m000/s1. The van der Waals surface area contributed by atoms with Gasteiger partial charge < -0.3 is 76.6 Å². The quantitative estimate of drug-likeness (QED) is 0.0534. The summed E-state index contributed by atoms with van der Waals surface area (Å²) in [5.41, 5.74) is 21.0. The van der Waals surface area contributed by atoms with Crippen LogP contribution in [0.3, 0.4) is 0 Å². The molecule has 0 bridgehead atoms. The van der Waals surface area contributed by atoms with Crippen LogP contribution in [-0.4, -0.2) is 179 Å². The molecule has 0 unspecified atom stereocenters. The molecular weight excluding hydrogens is 1290 g/mol. The Bertz CT molecular complexity index is 4190. The second-order valence-corrected chi connectivity index (χ2v) is 28.0. The molecule has 9 aliphatic rings. The van der Waals surface area contributed by atoms with E-state index in [-0.39, 0.29) is 97.9 Å². The van der Waals surface area contributed by atoms with E-state index in [1.165, 1.54) is 112 Å². The first-order valence-electron chi connectivity index (χ1n) is 35.4. The van der Waals surface area contributed by atoms with Gasteiger partial charge in [0, 0.05) is 105 Å². The van der Waals surface area contributed by atoms with Crippen LogP contribution in [0.1, 0.15) is 139 Å². The number of ether oxygens (including phenoxy) is 5. The molecule has 6 aromatic rings. The van der Waals surface area contributed by atoms with E-state index in [0.717, 1.165) is 53.9 Å². The zero-order valence-electron chi connectivity index (χ0n) is 57.6. The zero-order chi connectivity index (χ0) is 70.0. The Morgan fingerprint density at radius 3 is 1.28 bits per heavy atom. The zero-order valence-corrected chi connectivity index (χ0v) is 57.6. The lowest BCUT2D eigenvalue weighted by molar-refractivity contribution is -0.132. The smallest absolute Gasteiger partial charge is 0.224 e. The maximum absolute atomic E-state index is 15.1. The summed E-state index contributed by atoms with van der Waals surface area (Å²) < 4.78 is 70.6. The molecule has 3 saturated carbocycles. The number of hydrogen-bond donors (Lipinski definition) is 7. The van der Waals surface area contributed by atoms with E-state index in [9.17, 15) is 23.9 Å². The number of nitrogen functional groups attached to an aromatic ring is 3. The van der Waals surface area contributed by atoms with Gasteiger partial charge in [0.2, 0.25) is 17.7 Å². The number of halogens is 3. The highest BCUT2D eigenvalue weighted by Crippen LogP contribution is 2.43. The molecule has 6 fully saturated rings. The number of phenols is 1. The van der Waals surface area contributed by atoms with Crippen LogP contribution >= 0.6 is 0 Å². The molecule has 9 atom stereocenters. The lowest BCUT2D eigenvalue weighted by Crippen LogP contribution is -2.40. The molecule has 9 heterocycles. The lowest BCUT2D eigenvalue weighted by Gasteiger charge is -2.28. The fourth-order valence-corrected chi connectivity index (χ4v) is 16.9. The van der Waals surface area contributed by atoms with Gasteiger partial charge in [0.1, 0.15) is 34.0 Å². The Morgan fingerprint density at radius 2 is 0.890 bits per heavy atom. The van der Waals surface area contributed by atoms with Gasteiger partial charge in [-0.1, -0.05) is 50.3 Å². The van der Waals surface area contributed by atoms with Crippen molar-refractivity contribution in [2.45, 2.75) is 152 Å². The average molecular weight is 1380 g/mol. The van der Waals surface area contributed by atoms with E-state index in [2.05, 4.69) is 45.9 Å². The van der Waals surface area contributed by atoms with Crippen molar-refractivity contribution < 1.29 is 56.3 Å². The molecule has 10 N–H and O–H groups in total. The molecular formula is C73H92F3N15O9. The summed E-state index contributed by atoms with van der Waals surface area (Å²) in [6, 6.07) is 6.62. The van der Waals surface area contributed by atoms with Gasteiger partial charge in [-0.15, -0.1) is 0 Å². The van der Waals surface area contributed by atoms with Crippen LogP contribution in [-0.2, 0) is 14.4 Å². The van der Waals surface area contributed by atoms with E-state index in [1.807, 2.05) is 32.9 Å². The largest absolute Gasteiger partial charge is 0.502 e.